The lowest BCUT2D eigenvalue weighted by Crippen LogP contribution is -1.96. The van der Waals surface area contributed by atoms with Crippen LogP contribution in [0, 0.1) is 0 Å². The first-order valence-corrected chi connectivity index (χ1v) is 17.0. The third-order valence-corrected chi connectivity index (χ3v) is 9.50. The highest BCUT2D eigenvalue weighted by atomic mass is 14.9. The molecule has 0 aliphatic rings. The summed E-state index contributed by atoms with van der Waals surface area (Å²) in [6.07, 6.45) is 0. The van der Waals surface area contributed by atoms with Crippen LogP contribution < -0.4 is 0 Å². The molecule has 2 nitrogen and oxygen atoms in total. The van der Waals surface area contributed by atoms with Gasteiger partial charge in [-0.15, -0.1) is 0 Å². The number of nitrogens with zero attached hydrogens (tertiary/aromatic N) is 2. The molecule has 1 aromatic heterocycles. The Hall–Kier alpha value is -6.64. The monoisotopic (exact) mass is 636 g/mol. The topological polar surface area (TPSA) is 25.8 Å². The average molecular weight is 637 g/mol. The third kappa shape index (κ3) is 5.63. The van der Waals surface area contributed by atoms with Crippen LogP contribution in [0.15, 0.2) is 194 Å². The molecule has 0 fully saturated rings. The van der Waals surface area contributed by atoms with E-state index in [1.165, 1.54) is 44.3 Å². The summed E-state index contributed by atoms with van der Waals surface area (Å²) in [5, 5.41) is 3.33. The van der Waals surface area contributed by atoms with Crippen LogP contribution in [0.25, 0.3) is 88.8 Å². The molecule has 50 heavy (non-hydrogen) atoms. The second-order valence-electron chi connectivity index (χ2n) is 12.6. The molecule has 0 aliphatic heterocycles. The van der Waals surface area contributed by atoms with Crippen molar-refractivity contribution in [2.24, 2.45) is 0 Å². The Morgan fingerprint density at radius 2 is 0.700 bits per heavy atom. The minimum atomic E-state index is 0.720. The molecule has 9 aromatic rings. The molecule has 8 aromatic carbocycles. The van der Waals surface area contributed by atoms with Crippen molar-refractivity contribution in [2.45, 2.75) is 0 Å². The highest BCUT2D eigenvalue weighted by molar-refractivity contribution is 6.09. The summed E-state index contributed by atoms with van der Waals surface area (Å²) >= 11 is 0. The number of fused-ring (bicyclic) bond motifs is 3. The molecule has 0 unspecified atom stereocenters. The zero-order chi connectivity index (χ0) is 33.3. The average Bonchev–Trinajstić information content (AvgIpc) is 3.21. The summed E-state index contributed by atoms with van der Waals surface area (Å²) in [7, 11) is 0. The summed E-state index contributed by atoms with van der Waals surface area (Å²) in [6, 6.07) is 68.7. The first kappa shape index (κ1) is 29.5. The van der Waals surface area contributed by atoms with Gasteiger partial charge in [-0.05, 0) is 68.1 Å². The molecule has 0 saturated carbocycles. The Labute approximate surface area is 292 Å². The SMILES string of the molecule is c1ccc(-c2ccc(-c3nc(-c4ccc(-c5cccc(-c6cccc(-c7ccccc7)c6)c5)cc4)c4ccc5ccccc5c4n3)cc2)cc1. The summed E-state index contributed by atoms with van der Waals surface area (Å²) in [6.45, 7) is 0. The fourth-order valence-corrected chi connectivity index (χ4v) is 6.86. The first-order chi connectivity index (χ1) is 24.8. The quantitative estimate of drug-likeness (QED) is 0.170. The maximum absolute atomic E-state index is 5.23. The van der Waals surface area contributed by atoms with Crippen molar-refractivity contribution < 1.29 is 0 Å². The van der Waals surface area contributed by atoms with Crippen molar-refractivity contribution in [3.63, 3.8) is 0 Å². The minimum Gasteiger partial charge on any atom is -0.227 e. The van der Waals surface area contributed by atoms with E-state index < -0.39 is 0 Å². The van der Waals surface area contributed by atoms with E-state index in [-0.39, 0.29) is 0 Å². The molecular formula is C48H32N2. The van der Waals surface area contributed by atoms with Gasteiger partial charge in [0.25, 0.3) is 0 Å². The fraction of sp³-hybridized carbons (Fsp3) is 0. The van der Waals surface area contributed by atoms with Crippen LogP contribution in [-0.2, 0) is 0 Å². The summed E-state index contributed by atoms with van der Waals surface area (Å²) in [5.41, 5.74) is 13.5. The van der Waals surface area contributed by atoms with Gasteiger partial charge in [0.05, 0.1) is 11.2 Å². The van der Waals surface area contributed by atoms with Gasteiger partial charge in [0.1, 0.15) is 0 Å². The van der Waals surface area contributed by atoms with Crippen LogP contribution in [0.2, 0.25) is 0 Å². The molecule has 0 bridgehead atoms. The normalized spacial score (nSPS) is 11.2. The smallest absolute Gasteiger partial charge is 0.160 e. The van der Waals surface area contributed by atoms with Crippen molar-refractivity contribution in [1.82, 2.24) is 9.97 Å². The lowest BCUT2D eigenvalue weighted by Gasteiger charge is -2.13. The van der Waals surface area contributed by atoms with Gasteiger partial charge in [-0.1, -0.05) is 176 Å². The standard InChI is InChI=1S/C48H32N2/c1-3-11-33(12-4-1)35-23-27-39(28-24-35)48-49-46(45-30-29-37-15-7-8-20-44(37)47(45)50-48)38-25-21-36(22-26-38)41-17-10-19-43(32-41)42-18-9-16-40(31-42)34-13-5-2-6-14-34/h1-32H. The van der Waals surface area contributed by atoms with E-state index in [4.69, 9.17) is 9.97 Å². The number of rotatable bonds is 6. The van der Waals surface area contributed by atoms with Crippen LogP contribution in [-0.4, -0.2) is 9.97 Å². The summed E-state index contributed by atoms with van der Waals surface area (Å²) in [4.78, 5) is 10.4. The Morgan fingerprint density at radius 3 is 1.32 bits per heavy atom. The molecule has 9 rings (SSSR count). The minimum absolute atomic E-state index is 0.720. The van der Waals surface area contributed by atoms with Gasteiger partial charge in [-0.2, -0.15) is 0 Å². The molecule has 2 heteroatoms. The lowest BCUT2D eigenvalue weighted by molar-refractivity contribution is 1.23. The molecule has 0 radical (unpaired) electrons. The Kier molecular flexibility index (Phi) is 7.53. The van der Waals surface area contributed by atoms with Crippen molar-refractivity contribution in [1.29, 1.82) is 0 Å². The van der Waals surface area contributed by atoms with Crippen molar-refractivity contribution in [3.05, 3.63) is 194 Å². The predicted octanol–water partition coefficient (Wildman–Crippen LogP) is 12.8. The number of benzene rings is 8. The maximum Gasteiger partial charge on any atom is 0.160 e. The number of aromatic nitrogens is 2. The Morgan fingerprint density at radius 1 is 0.260 bits per heavy atom. The predicted molar refractivity (Wildman–Crippen MR) is 210 cm³/mol. The molecule has 1 heterocycles. The van der Waals surface area contributed by atoms with E-state index in [0.717, 1.165) is 44.5 Å². The molecule has 0 amide bonds. The molecule has 0 spiro atoms. The van der Waals surface area contributed by atoms with E-state index in [0.29, 0.717) is 0 Å². The van der Waals surface area contributed by atoms with E-state index in [1.54, 1.807) is 0 Å². The van der Waals surface area contributed by atoms with Gasteiger partial charge < -0.3 is 0 Å². The van der Waals surface area contributed by atoms with E-state index >= 15 is 0 Å². The summed E-state index contributed by atoms with van der Waals surface area (Å²) < 4.78 is 0. The zero-order valence-corrected chi connectivity index (χ0v) is 27.4. The molecule has 234 valence electrons. The van der Waals surface area contributed by atoms with Gasteiger partial charge in [-0.3, -0.25) is 0 Å². The van der Waals surface area contributed by atoms with Crippen LogP contribution in [0.1, 0.15) is 0 Å². The maximum atomic E-state index is 5.23. The largest absolute Gasteiger partial charge is 0.227 e. The molecular weight excluding hydrogens is 605 g/mol. The molecule has 0 aliphatic carbocycles. The van der Waals surface area contributed by atoms with Crippen LogP contribution in [0.3, 0.4) is 0 Å². The molecule has 0 atom stereocenters. The zero-order valence-electron chi connectivity index (χ0n) is 27.4. The van der Waals surface area contributed by atoms with E-state index in [1.807, 2.05) is 6.07 Å². The second kappa shape index (κ2) is 12.8. The van der Waals surface area contributed by atoms with Gasteiger partial charge in [0.15, 0.2) is 5.82 Å². The van der Waals surface area contributed by atoms with Crippen LogP contribution in [0.5, 0.6) is 0 Å². The van der Waals surface area contributed by atoms with Gasteiger partial charge >= 0.3 is 0 Å². The Balaban J connectivity index is 1.10. The number of hydrogen-bond acceptors (Lipinski definition) is 2. The Bertz CT molecular complexity index is 2610. The van der Waals surface area contributed by atoms with E-state index in [9.17, 15) is 0 Å². The second-order valence-corrected chi connectivity index (χ2v) is 12.6. The molecule has 0 N–H and O–H groups in total. The fourth-order valence-electron chi connectivity index (χ4n) is 6.86. The first-order valence-electron chi connectivity index (χ1n) is 17.0. The molecule has 0 saturated heterocycles. The third-order valence-electron chi connectivity index (χ3n) is 9.50. The van der Waals surface area contributed by atoms with Gasteiger partial charge in [0, 0.05) is 21.9 Å². The summed E-state index contributed by atoms with van der Waals surface area (Å²) in [5.74, 6) is 0.720. The highest BCUT2D eigenvalue weighted by Gasteiger charge is 2.15. The van der Waals surface area contributed by atoms with Crippen molar-refractivity contribution in [2.75, 3.05) is 0 Å². The van der Waals surface area contributed by atoms with Crippen molar-refractivity contribution >= 4 is 21.7 Å². The lowest BCUT2D eigenvalue weighted by atomic mass is 9.95. The highest BCUT2D eigenvalue weighted by Crippen LogP contribution is 2.35. The van der Waals surface area contributed by atoms with Gasteiger partial charge in [-0.25, -0.2) is 9.97 Å². The van der Waals surface area contributed by atoms with Crippen LogP contribution >= 0.6 is 0 Å². The number of hydrogen-bond donors (Lipinski definition) is 0. The van der Waals surface area contributed by atoms with E-state index in [2.05, 4.69) is 188 Å². The van der Waals surface area contributed by atoms with Crippen molar-refractivity contribution in [3.8, 4) is 67.2 Å². The van der Waals surface area contributed by atoms with Gasteiger partial charge in [0.2, 0.25) is 0 Å². The van der Waals surface area contributed by atoms with Crippen LogP contribution in [0.4, 0.5) is 0 Å².